The van der Waals surface area contributed by atoms with Gasteiger partial charge in [0.25, 0.3) is 0 Å². The number of carbonyl (C=O) groups excluding carboxylic acids is 2. The molecule has 2 aromatic carbocycles. The maximum absolute atomic E-state index is 13.6. The van der Waals surface area contributed by atoms with Crippen molar-refractivity contribution < 1.29 is 27.2 Å². The summed E-state index contributed by atoms with van der Waals surface area (Å²) >= 11 is 5.46. The van der Waals surface area contributed by atoms with Gasteiger partial charge in [-0.15, -0.1) is 0 Å². The molecule has 0 saturated carbocycles. The normalized spacial score (nSPS) is 17.7. The minimum atomic E-state index is -0.681. The van der Waals surface area contributed by atoms with Crippen molar-refractivity contribution in [2.45, 2.75) is 24.9 Å². The van der Waals surface area contributed by atoms with Crippen LogP contribution < -0.4 is 10.2 Å². The molecule has 61 heavy (non-hydrogen) atoms. The molecule has 21 heteroatoms. The van der Waals surface area contributed by atoms with Gasteiger partial charge in [0.2, 0.25) is 0 Å². The van der Waals surface area contributed by atoms with Crippen LogP contribution in [0.4, 0.5) is 33.0 Å². The highest BCUT2D eigenvalue weighted by Gasteiger charge is 2.34. The van der Waals surface area contributed by atoms with Gasteiger partial charge in [-0.05, 0) is 59.7 Å². The van der Waals surface area contributed by atoms with Crippen molar-refractivity contribution in [1.29, 1.82) is 10.5 Å². The molecule has 0 unspecified atom stereocenters. The first-order chi connectivity index (χ1) is 28.5. The summed E-state index contributed by atoms with van der Waals surface area (Å²) < 4.78 is 53.9. The van der Waals surface area contributed by atoms with E-state index in [1.807, 2.05) is 23.1 Å². The maximum Gasteiger partial charge on any atom is 0.341 e. The number of piperazine rings is 2. The Hall–Kier alpha value is -5.93. The van der Waals surface area contributed by atoms with Crippen LogP contribution >= 0.6 is 38.6 Å². The van der Waals surface area contributed by atoms with Crippen molar-refractivity contribution in [1.82, 2.24) is 35.1 Å². The van der Waals surface area contributed by atoms with E-state index in [2.05, 4.69) is 25.5 Å². The first kappa shape index (κ1) is 47.7. The Morgan fingerprint density at radius 3 is 1.52 bits per heavy atom. The molecule has 4 amide bonds. The molecular weight excluding hydrogens is 856 g/mol. The first-order valence-electron chi connectivity index (χ1n) is 18.5. The molecule has 0 radical (unpaired) electrons. The second-order valence-corrected chi connectivity index (χ2v) is 13.8. The number of rotatable bonds is 3. The van der Waals surface area contributed by atoms with Gasteiger partial charge in [0.05, 0.1) is 12.1 Å². The third kappa shape index (κ3) is 12.6. The summed E-state index contributed by atoms with van der Waals surface area (Å²) in [7, 11) is 0. The fraction of sp³-hybridized carbons (Fsp3) is 0.300. The van der Waals surface area contributed by atoms with Gasteiger partial charge in [0.15, 0.2) is 0 Å². The van der Waals surface area contributed by atoms with Crippen LogP contribution in [0.15, 0.2) is 83.0 Å². The number of hydrazone groups is 2. The Kier molecular flexibility index (Phi) is 17.7. The molecule has 4 aliphatic rings. The van der Waals surface area contributed by atoms with Gasteiger partial charge in [0.1, 0.15) is 57.8 Å². The van der Waals surface area contributed by atoms with Gasteiger partial charge in [-0.3, -0.25) is 0 Å². The first-order valence-corrected chi connectivity index (χ1v) is 18.9. The lowest BCUT2D eigenvalue weighted by molar-refractivity contribution is 0.136. The highest BCUT2D eigenvalue weighted by Crippen LogP contribution is 2.32. The molecule has 0 bridgehead atoms. The van der Waals surface area contributed by atoms with Crippen LogP contribution in [0.5, 0.6) is 0 Å². The van der Waals surface area contributed by atoms with E-state index in [1.54, 1.807) is 52.6 Å². The van der Waals surface area contributed by atoms with E-state index in [0.717, 1.165) is 25.2 Å². The fourth-order valence-electron chi connectivity index (χ4n) is 6.69. The molecule has 14 nitrogen and oxygen atoms in total. The quantitative estimate of drug-likeness (QED) is 0.181. The zero-order valence-corrected chi connectivity index (χ0v) is 35.2. The van der Waals surface area contributed by atoms with E-state index in [0.29, 0.717) is 85.6 Å². The second-order valence-electron chi connectivity index (χ2n) is 13.4. The van der Waals surface area contributed by atoms with Gasteiger partial charge in [-0.25, -0.2) is 47.1 Å². The van der Waals surface area contributed by atoms with Crippen molar-refractivity contribution in [3.05, 3.63) is 124 Å². The molecule has 4 aliphatic heterocycles. The molecule has 0 aliphatic carbocycles. The molecule has 2 fully saturated rings. The number of urea groups is 2. The number of anilines is 1. The van der Waals surface area contributed by atoms with E-state index in [4.69, 9.17) is 22.1 Å². The minimum Gasteiger partial charge on any atom is -0.353 e. The van der Waals surface area contributed by atoms with E-state index < -0.39 is 35.4 Å². The van der Waals surface area contributed by atoms with Crippen molar-refractivity contribution in [2.24, 2.45) is 10.2 Å². The predicted molar refractivity (Wildman–Crippen MR) is 231 cm³/mol. The summed E-state index contributed by atoms with van der Waals surface area (Å²) in [4.78, 5) is 38.8. The number of amides is 4. The van der Waals surface area contributed by atoms with E-state index >= 15 is 0 Å². The fourth-order valence-corrected chi connectivity index (χ4v) is 6.85. The van der Waals surface area contributed by atoms with Crippen LogP contribution in [0.3, 0.4) is 0 Å². The molecular formula is C40H41ClF4N12O2S2. The molecule has 4 aromatic rings. The number of aromatic nitrogens is 2. The molecule has 0 spiro atoms. The molecule has 2 atom stereocenters. The lowest BCUT2D eigenvalue weighted by Gasteiger charge is -2.37. The Labute approximate surface area is 368 Å². The number of benzene rings is 2. The van der Waals surface area contributed by atoms with E-state index in [-0.39, 0.29) is 39.1 Å². The van der Waals surface area contributed by atoms with Crippen molar-refractivity contribution in [3.8, 4) is 12.1 Å². The van der Waals surface area contributed by atoms with Crippen molar-refractivity contribution in [2.75, 3.05) is 57.3 Å². The Morgan fingerprint density at radius 1 is 0.639 bits per heavy atom. The molecule has 2 saturated heterocycles. The predicted octanol–water partition coefficient (Wildman–Crippen LogP) is 6.46. The SMILES string of the molecule is N#Cc1cccc(Cl)n1.N#Cc1cccc(N2CCN(C(=O)N3N=CC[C@H]3c3cc(F)cc(F)c3)CC2)n1.O=C(N1CCNCC1)N1N=CC[C@H]1c1cc(F)cc(F)c1.S.S. The summed E-state index contributed by atoms with van der Waals surface area (Å²) in [6.45, 7) is 4.71. The van der Waals surface area contributed by atoms with Crippen molar-refractivity contribution in [3.63, 3.8) is 0 Å². The van der Waals surface area contributed by atoms with Crippen LogP contribution in [0.2, 0.25) is 5.15 Å². The number of halogens is 5. The molecule has 1 N–H and O–H groups in total. The standard InChI is InChI=1S/C20H18F2N6O.C14H16F2N4O.C6H3ClN2.2H2S/c21-15-10-14(11-16(22)12-15)18-4-5-24-28(18)20(29)27-8-6-26(7-9-27)19-3-1-2-17(13-23)25-19;15-11-7-10(8-12(16)9-11)13-1-2-18-20(13)14(21)19-5-3-17-4-6-19;7-6-3-1-2-5(4-8)9-6;;/h1-3,5,10-12,18H,4,6-9H2;2,7-9,13,17H,1,3-6H2;1-3H;2*1H2/t18-;13-;;;/m00.../s1. The van der Waals surface area contributed by atoms with Crippen LogP contribution in [-0.2, 0) is 0 Å². The second kappa shape index (κ2) is 22.6. The average Bonchev–Trinajstić information content (AvgIpc) is 3.95. The van der Waals surface area contributed by atoms with Gasteiger partial charge >= 0.3 is 12.1 Å². The number of nitriles is 2. The number of nitrogens with one attached hydrogen (secondary N) is 1. The third-order valence-corrected chi connectivity index (χ3v) is 9.74. The smallest absolute Gasteiger partial charge is 0.341 e. The van der Waals surface area contributed by atoms with Crippen LogP contribution in [0, 0.1) is 45.9 Å². The number of hydrogen-bond acceptors (Lipinski definition) is 10. The third-order valence-electron chi connectivity index (χ3n) is 9.53. The highest BCUT2D eigenvalue weighted by molar-refractivity contribution is 7.59. The Bertz CT molecular complexity index is 2260. The zero-order valence-electron chi connectivity index (χ0n) is 32.4. The minimum absolute atomic E-state index is 0. The monoisotopic (exact) mass is 896 g/mol. The maximum atomic E-state index is 13.6. The Balaban J connectivity index is 0.000000224. The topological polar surface area (TPSA) is 160 Å². The number of hydrogen-bond donors (Lipinski definition) is 1. The number of nitrogens with zero attached hydrogens (tertiary/aromatic N) is 11. The van der Waals surface area contributed by atoms with Gasteiger partial charge in [-0.1, -0.05) is 23.7 Å². The van der Waals surface area contributed by atoms with Gasteiger partial charge < -0.3 is 20.0 Å². The Morgan fingerprint density at radius 2 is 1.08 bits per heavy atom. The molecule has 2 aromatic heterocycles. The highest BCUT2D eigenvalue weighted by atomic mass is 35.5. The van der Waals surface area contributed by atoms with E-state index in [1.165, 1.54) is 34.3 Å². The number of pyridine rings is 2. The van der Waals surface area contributed by atoms with Gasteiger partial charge in [-0.2, -0.15) is 47.7 Å². The summed E-state index contributed by atoms with van der Waals surface area (Å²) in [6.07, 6.45) is 4.05. The van der Waals surface area contributed by atoms with Gasteiger partial charge in [0, 0.05) is 89.8 Å². The average molecular weight is 897 g/mol. The molecule has 8 rings (SSSR count). The lowest BCUT2D eigenvalue weighted by Crippen LogP contribution is -2.52. The largest absolute Gasteiger partial charge is 0.353 e. The number of carbonyl (C=O) groups is 2. The van der Waals surface area contributed by atoms with Crippen molar-refractivity contribution >= 4 is 68.9 Å². The summed E-state index contributed by atoms with van der Waals surface area (Å²) in [5.41, 5.74) is 1.50. The lowest BCUT2D eigenvalue weighted by atomic mass is 10.0. The zero-order chi connectivity index (χ0) is 41.9. The van der Waals surface area contributed by atoms with Crippen LogP contribution in [0.1, 0.15) is 47.4 Å². The molecule has 320 valence electrons. The molecule has 6 heterocycles. The van der Waals surface area contributed by atoms with E-state index in [9.17, 15) is 27.2 Å². The van der Waals surface area contributed by atoms with Crippen LogP contribution in [0.25, 0.3) is 0 Å². The summed E-state index contributed by atoms with van der Waals surface area (Å²) in [6, 6.07) is 19.2. The summed E-state index contributed by atoms with van der Waals surface area (Å²) in [5, 5.41) is 31.6. The van der Waals surface area contributed by atoms with Crippen LogP contribution in [-0.4, -0.2) is 107 Å². The summed E-state index contributed by atoms with van der Waals surface area (Å²) in [5.74, 6) is -1.96.